The number of methoxy groups -OCH3 is 1. The first-order chi connectivity index (χ1) is 8.72. The Kier molecular flexibility index (Phi) is 4.28. The van der Waals surface area contributed by atoms with E-state index in [1.165, 1.54) is 13.2 Å². The molecule has 0 radical (unpaired) electrons. The van der Waals surface area contributed by atoms with Gasteiger partial charge in [0.15, 0.2) is 11.6 Å². The van der Waals surface area contributed by atoms with Gasteiger partial charge >= 0.3 is 0 Å². The lowest BCUT2D eigenvalue weighted by atomic mass is 10.1. The van der Waals surface area contributed by atoms with Crippen molar-refractivity contribution >= 4 is 11.3 Å². The average molecular weight is 266 g/mol. The fraction of sp³-hybridized carbons (Fsp3) is 0.308. The fourth-order valence-corrected chi connectivity index (χ4v) is 2.51. The SMILES string of the molecule is CNCc1csc(Cc2ccc(OC)c(F)c2)n1. The van der Waals surface area contributed by atoms with Gasteiger partial charge in [-0.2, -0.15) is 0 Å². The molecule has 0 spiro atoms. The molecule has 1 aromatic carbocycles. The van der Waals surface area contributed by atoms with E-state index in [9.17, 15) is 4.39 Å². The molecule has 0 bridgehead atoms. The highest BCUT2D eigenvalue weighted by molar-refractivity contribution is 7.09. The van der Waals surface area contributed by atoms with Gasteiger partial charge in [-0.1, -0.05) is 6.07 Å². The maximum absolute atomic E-state index is 13.5. The second-order valence-corrected chi connectivity index (χ2v) is 4.85. The summed E-state index contributed by atoms with van der Waals surface area (Å²) in [7, 11) is 3.35. The van der Waals surface area contributed by atoms with Crippen LogP contribution in [-0.4, -0.2) is 19.1 Å². The largest absolute Gasteiger partial charge is 0.494 e. The van der Waals surface area contributed by atoms with E-state index < -0.39 is 0 Å². The molecule has 3 nitrogen and oxygen atoms in total. The van der Waals surface area contributed by atoms with Crippen LogP contribution >= 0.6 is 11.3 Å². The lowest BCUT2D eigenvalue weighted by Gasteiger charge is -2.03. The highest BCUT2D eigenvalue weighted by Gasteiger charge is 2.06. The topological polar surface area (TPSA) is 34.1 Å². The molecule has 96 valence electrons. The third-order valence-corrected chi connectivity index (χ3v) is 3.43. The molecule has 0 saturated heterocycles. The summed E-state index contributed by atoms with van der Waals surface area (Å²) in [5.41, 5.74) is 1.92. The van der Waals surface area contributed by atoms with Crippen LogP contribution in [0.15, 0.2) is 23.6 Å². The molecule has 0 amide bonds. The number of thiazole rings is 1. The average Bonchev–Trinajstić information content (AvgIpc) is 2.77. The molecular formula is C13H15FN2OS. The Morgan fingerprint density at radius 3 is 2.94 bits per heavy atom. The van der Waals surface area contributed by atoms with E-state index in [4.69, 9.17) is 4.74 Å². The molecular weight excluding hydrogens is 251 g/mol. The van der Waals surface area contributed by atoms with Crippen LogP contribution in [0.25, 0.3) is 0 Å². The molecule has 0 atom stereocenters. The van der Waals surface area contributed by atoms with Crippen molar-refractivity contribution < 1.29 is 9.13 Å². The standard InChI is InChI=1S/C13H15FN2OS/c1-15-7-10-8-18-13(16-10)6-9-3-4-12(17-2)11(14)5-9/h3-5,8,15H,6-7H2,1-2H3. The van der Waals surface area contributed by atoms with E-state index in [0.717, 1.165) is 22.8 Å². The molecule has 18 heavy (non-hydrogen) atoms. The molecule has 1 N–H and O–H groups in total. The Bertz CT molecular complexity index is 527. The lowest BCUT2D eigenvalue weighted by Crippen LogP contribution is -2.05. The second-order valence-electron chi connectivity index (χ2n) is 3.91. The second kappa shape index (κ2) is 5.93. The number of hydrogen-bond donors (Lipinski definition) is 1. The maximum atomic E-state index is 13.5. The van der Waals surface area contributed by atoms with E-state index in [0.29, 0.717) is 6.42 Å². The van der Waals surface area contributed by atoms with Crippen molar-refractivity contribution in [3.8, 4) is 5.75 Å². The summed E-state index contributed by atoms with van der Waals surface area (Å²) in [6.45, 7) is 0.757. The van der Waals surface area contributed by atoms with E-state index in [1.807, 2.05) is 18.5 Å². The molecule has 2 aromatic rings. The monoisotopic (exact) mass is 266 g/mol. The highest BCUT2D eigenvalue weighted by atomic mass is 32.1. The Labute approximate surface area is 110 Å². The van der Waals surface area contributed by atoms with Gasteiger partial charge in [0, 0.05) is 18.3 Å². The van der Waals surface area contributed by atoms with E-state index in [-0.39, 0.29) is 11.6 Å². The summed E-state index contributed by atoms with van der Waals surface area (Å²) in [5, 5.41) is 6.06. The van der Waals surface area contributed by atoms with Crippen molar-refractivity contribution in [1.29, 1.82) is 0 Å². The number of hydrogen-bond acceptors (Lipinski definition) is 4. The summed E-state index contributed by atoms with van der Waals surface area (Å²) in [6, 6.07) is 5.01. The molecule has 0 aliphatic rings. The summed E-state index contributed by atoms with van der Waals surface area (Å²) in [6.07, 6.45) is 0.648. The number of rotatable bonds is 5. The van der Waals surface area contributed by atoms with Gasteiger partial charge in [-0.25, -0.2) is 9.37 Å². The van der Waals surface area contributed by atoms with Gasteiger partial charge in [0.25, 0.3) is 0 Å². The Hall–Kier alpha value is -1.46. The molecule has 1 heterocycles. The van der Waals surface area contributed by atoms with Crippen molar-refractivity contribution in [2.45, 2.75) is 13.0 Å². The van der Waals surface area contributed by atoms with E-state index in [1.54, 1.807) is 17.4 Å². The Morgan fingerprint density at radius 1 is 1.44 bits per heavy atom. The molecule has 0 aliphatic carbocycles. The molecule has 1 aromatic heterocycles. The maximum Gasteiger partial charge on any atom is 0.165 e. The Morgan fingerprint density at radius 2 is 2.28 bits per heavy atom. The number of ether oxygens (including phenoxy) is 1. The lowest BCUT2D eigenvalue weighted by molar-refractivity contribution is 0.386. The van der Waals surface area contributed by atoms with Crippen LogP contribution in [0.2, 0.25) is 0 Å². The molecule has 0 aliphatic heterocycles. The van der Waals surface area contributed by atoms with Crippen LogP contribution in [0, 0.1) is 5.82 Å². The van der Waals surface area contributed by atoms with Gasteiger partial charge in [0.05, 0.1) is 17.8 Å². The molecule has 0 saturated carbocycles. The first kappa shape index (κ1) is 13.0. The van der Waals surface area contributed by atoms with E-state index >= 15 is 0 Å². The van der Waals surface area contributed by atoms with Crippen LogP contribution in [0.5, 0.6) is 5.75 Å². The third kappa shape index (κ3) is 3.05. The highest BCUT2D eigenvalue weighted by Crippen LogP contribution is 2.21. The number of halogens is 1. The minimum atomic E-state index is -0.331. The van der Waals surface area contributed by atoms with Gasteiger partial charge in [-0.05, 0) is 24.7 Å². The van der Waals surface area contributed by atoms with Crippen molar-refractivity contribution in [3.05, 3.63) is 45.7 Å². The van der Waals surface area contributed by atoms with Crippen molar-refractivity contribution in [1.82, 2.24) is 10.3 Å². The first-order valence-corrected chi connectivity index (χ1v) is 6.51. The summed E-state index contributed by atoms with van der Waals surface area (Å²) in [4.78, 5) is 4.47. The van der Waals surface area contributed by atoms with Gasteiger partial charge < -0.3 is 10.1 Å². The smallest absolute Gasteiger partial charge is 0.165 e. The predicted octanol–water partition coefficient (Wildman–Crippen LogP) is 2.60. The quantitative estimate of drug-likeness (QED) is 0.903. The third-order valence-electron chi connectivity index (χ3n) is 2.53. The zero-order chi connectivity index (χ0) is 13.0. The summed E-state index contributed by atoms with van der Waals surface area (Å²) >= 11 is 1.60. The normalized spacial score (nSPS) is 10.6. The number of nitrogens with zero attached hydrogens (tertiary/aromatic N) is 1. The number of aromatic nitrogens is 1. The fourth-order valence-electron chi connectivity index (χ4n) is 1.69. The van der Waals surface area contributed by atoms with Crippen LogP contribution in [-0.2, 0) is 13.0 Å². The van der Waals surface area contributed by atoms with Crippen molar-refractivity contribution in [2.75, 3.05) is 14.2 Å². The van der Waals surface area contributed by atoms with Crippen LogP contribution in [0.3, 0.4) is 0 Å². The molecule has 0 unspecified atom stereocenters. The minimum Gasteiger partial charge on any atom is -0.494 e. The van der Waals surface area contributed by atoms with E-state index in [2.05, 4.69) is 10.3 Å². The molecule has 0 fully saturated rings. The van der Waals surface area contributed by atoms with Gasteiger partial charge in [-0.3, -0.25) is 0 Å². The molecule has 2 rings (SSSR count). The first-order valence-electron chi connectivity index (χ1n) is 5.63. The van der Waals surface area contributed by atoms with Crippen molar-refractivity contribution in [3.63, 3.8) is 0 Å². The van der Waals surface area contributed by atoms with Crippen LogP contribution in [0.1, 0.15) is 16.3 Å². The van der Waals surface area contributed by atoms with Crippen LogP contribution < -0.4 is 10.1 Å². The Balaban J connectivity index is 2.10. The summed E-state index contributed by atoms with van der Waals surface area (Å²) < 4.78 is 18.4. The number of nitrogens with one attached hydrogen (secondary N) is 1. The minimum absolute atomic E-state index is 0.272. The van der Waals surface area contributed by atoms with Crippen LogP contribution in [0.4, 0.5) is 4.39 Å². The predicted molar refractivity (Wildman–Crippen MR) is 70.6 cm³/mol. The zero-order valence-corrected chi connectivity index (χ0v) is 11.2. The van der Waals surface area contributed by atoms with Gasteiger partial charge in [0.2, 0.25) is 0 Å². The number of benzene rings is 1. The van der Waals surface area contributed by atoms with Gasteiger partial charge in [0.1, 0.15) is 0 Å². The molecule has 5 heteroatoms. The zero-order valence-electron chi connectivity index (χ0n) is 10.4. The van der Waals surface area contributed by atoms with Gasteiger partial charge in [-0.15, -0.1) is 11.3 Å². The summed E-state index contributed by atoms with van der Waals surface area (Å²) in [5.74, 6) is -0.0595. The van der Waals surface area contributed by atoms with Crippen molar-refractivity contribution in [2.24, 2.45) is 0 Å².